The van der Waals surface area contributed by atoms with Gasteiger partial charge in [-0.15, -0.1) is 0 Å². The van der Waals surface area contributed by atoms with Gasteiger partial charge in [-0.3, -0.25) is 0 Å². The maximum absolute atomic E-state index is 4.17. The smallest absolute Gasteiger partial charge is 0.154 e. The number of allylic oxidation sites excluding steroid dienone is 2. The number of dihydropyridines is 1. The van der Waals surface area contributed by atoms with Crippen LogP contribution in [0.2, 0.25) is 0 Å². The first-order valence-corrected chi connectivity index (χ1v) is 4.68. The third-order valence-electron chi connectivity index (χ3n) is 1.78. The molecule has 0 saturated heterocycles. The third-order valence-corrected chi connectivity index (χ3v) is 2.68. The summed E-state index contributed by atoms with van der Waals surface area (Å²) in [5.74, 6) is 0. The molecular formula is C9H8BrN3. The van der Waals surface area contributed by atoms with Crippen LogP contribution in [-0.4, -0.2) is 9.97 Å². The normalized spacial score (nSPS) is 25.6. The number of aromatic nitrogens is 2. The molecule has 1 aromatic heterocycles. The van der Waals surface area contributed by atoms with Crippen LogP contribution in [0, 0.1) is 0 Å². The van der Waals surface area contributed by atoms with Gasteiger partial charge in [0, 0.05) is 6.20 Å². The lowest BCUT2D eigenvalue weighted by atomic mass is 10.1. The van der Waals surface area contributed by atoms with Gasteiger partial charge < -0.3 is 5.32 Å². The lowest BCUT2D eigenvalue weighted by molar-refractivity contribution is 0.669. The Morgan fingerprint density at radius 2 is 2.31 bits per heavy atom. The first-order valence-electron chi connectivity index (χ1n) is 3.89. The first kappa shape index (κ1) is 8.44. The summed E-state index contributed by atoms with van der Waals surface area (Å²) < 4.78 is -0.384. The molecule has 1 N–H and O–H groups in total. The van der Waals surface area contributed by atoms with Crippen molar-refractivity contribution in [3.63, 3.8) is 0 Å². The number of rotatable bonds is 1. The summed E-state index contributed by atoms with van der Waals surface area (Å²) in [5.41, 5.74) is 0.892. The summed E-state index contributed by atoms with van der Waals surface area (Å²) in [5, 5.41) is 3.17. The number of alkyl halides is 1. The predicted octanol–water partition coefficient (Wildman–Crippen LogP) is 1.70. The Bertz CT molecular complexity index is 347. The van der Waals surface area contributed by atoms with Crippen LogP contribution in [-0.2, 0) is 4.45 Å². The second kappa shape index (κ2) is 3.30. The van der Waals surface area contributed by atoms with E-state index in [2.05, 4.69) is 31.2 Å². The van der Waals surface area contributed by atoms with Crippen LogP contribution in [0.25, 0.3) is 0 Å². The molecule has 0 aliphatic carbocycles. The Morgan fingerprint density at radius 1 is 1.38 bits per heavy atom. The number of hydrogen-bond donors (Lipinski definition) is 1. The molecule has 1 aromatic rings. The van der Waals surface area contributed by atoms with Gasteiger partial charge in [0.15, 0.2) is 4.45 Å². The maximum atomic E-state index is 4.17. The SMILES string of the molecule is BrC1(c2ccncn2)C=CC=CN1. The van der Waals surface area contributed by atoms with Crippen LogP contribution in [0.4, 0.5) is 0 Å². The van der Waals surface area contributed by atoms with Crippen molar-refractivity contribution in [3.8, 4) is 0 Å². The van der Waals surface area contributed by atoms with Crippen molar-refractivity contribution in [2.45, 2.75) is 4.45 Å². The lowest BCUT2D eigenvalue weighted by Gasteiger charge is -2.25. The van der Waals surface area contributed by atoms with Gasteiger partial charge in [0.25, 0.3) is 0 Å². The zero-order valence-electron chi connectivity index (χ0n) is 6.81. The Labute approximate surface area is 84.7 Å². The molecular weight excluding hydrogens is 230 g/mol. The fraction of sp³-hybridized carbons (Fsp3) is 0.111. The van der Waals surface area contributed by atoms with E-state index in [1.165, 1.54) is 6.33 Å². The summed E-state index contributed by atoms with van der Waals surface area (Å²) in [6.07, 6.45) is 11.0. The molecule has 0 radical (unpaired) electrons. The van der Waals surface area contributed by atoms with Crippen molar-refractivity contribution in [3.05, 3.63) is 48.7 Å². The summed E-state index contributed by atoms with van der Waals surface area (Å²) in [6, 6.07) is 1.87. The zero-order valence-corrected chi connectivity index (χ0v) is 8.40. The molecule has 13 heavy (non-hydrogen) atoms. The molecule has 1 atom stereocenters. The highest BCUT2D eigenvalue weighted by molar-refractivity contribution is 9.09. The van der Waals surface area contributed by atoms with Crippen LogP contribution in [0.3, 0.4) is 0 Å². The summed E-state index contributed by atoms with van der Waals surface area (Å²) in [4.78, 5) is 8.04. The molecule has 66 valence electrons. The quantitative estimate of drug-likeness (QED) is 0.597. The van der Waals surface area contributed by atoms with Crippen molar-refractivity contribution >= 4 is 15.9 Å². The van der Waals surface area contributed by atoms with E-state index in [9.17, 15) is 0 Å². The average molecular weight is 238 g/mol. The third kappa shape index (κ3) is 1.62. The highest BCUT2D eigenvalue weighted by Crippen LogP contribution is 2.29. The molecule has 0 fully saturated rings. The molecule has 0 saturated carbocycles. The summed E-state index contributed by atoms with van der Waals surface area (Å²) in [6.45, 7) is 0. The van der Waals surface area contributed by atoms with Crippen molar-refractivity contribution in [2.75, 3.05) is 0 Å². The van der Waals surface area contributed by atoms with Gasteiger partial charge >= 0.3 is 0 Å². The zero-order chi connectivity index (χ0) is 9.15. The maximum Gasteiger partial charge on any atom is 0.154 e. The van der Waals surface area contributed by atoms with Crippen molar-refractivity contribution < 1.29 is 0 Å². The van der Waals surface area contributed by atoms with E-state index in [1.807, 2.05) is 30.5 Å². The Kier molecular flexibility index (Phi) is 2.14. The second-order valence-electron chi connectivity index (χ2n) is 2.67. The van der Waals surface area contributed by atoms with Crippen LogP contribution in [0.15, 0.2) is 43.0 Å². The van der Waals surface area contributed by atoms with Crippen molar-refractivity contribution in [1.82, 2.24) is 15.3 Å². The van der Waals surface area contributed by atoms with Crippen LogP contribution in [0.1, 0.15) is 5.69 Å². The first-order chi connectivity index (χ1) is 6.31. The Hall–Kier alpha value is -1.16. The molecule has 3 nitrogen and oxygen atoms in total. The predicted molar refractivity (Wildman–Crippen MR) is 54.1 cm³/mol. The summed E-state index contributed by atoms with van der Waals surface area (Å²) in [7, 11) is 0. The lowest BCUT2D eigenvalue weighted by Crippen LogP contribution is -2.32. The van der Waals surface area contributed by atoms with Gasteiger partial charge in [0.2, 0.25) is 0 Å². The molecule has 1 aliphatic rings. The minimum atomic E-state index is -0.384. The van der Waals surface area contributed by atoms with Gasteiger partial charge in [0.05, 0.1) is 5.69 Å². The highest BCUT2D eigenvalue weighted by atomic mass is 79.9. The Morgan fingerprint density at radius 3 is 2.92 bits per heavy atom. The minimum absolute atomic E-state index is 0.384. The number of hydrogen-bond acceptors (Lipinski definition) is 3. The molecule has 1 aliphatic heterocycles. The van der Waals surface area contributed by atoms with Crippen LogP contribution in [0.5, 0.6) is 0 Å². The molecule has 1 unspecified atom stereocenters. The van der Waals surface area contributed by atoms with Crippen molar-refractivity contribution in [1.29, 1.82) is 0 Å². The van der Waals surface area contributed by atoms with E-state index >= 15 is 0 Å². The average Bonchev–Trinajstić information content (AvgIpc) is 2.20. The van der Waals surface area contributed by atoms with E-state index < -0.39 is 0 Å². The molecule has 2 heterocycles. The molecule has 0 spiro atoms. The summed E-state index contributed by atoms with van der Waals surface area (Å²) >= 11 is 3.56. The van der Waals surface area contributed by atoms with Crippen LogP contribution >= 0.6 is 15.9 Å². The van der Waals surface area contributed by atoms with E-state index in [1.54, 1.807) is 6.20 Å². The fourth-order valence-corrected chi connectivity index (χ4v) is 1.65. The number of nitrogens with one attached hydrogen (secondary N) is 1. The van der Waals surface area contributed by atoms with E-state index in [4.69, 9.17) is 0 Å². The van der Waals surface area contributed by atoms with Crippen molar-refractivity contribution in [2.24, 2.45) is 0 Å². The Balaban J connectivity index is 2.35. The van der Waals surface area contributed by atoms with Gasteiger partial charge in [-0.2, -0.15) is 0 Å². The fourth-order valence-electron chi connectivity index (χ4n) is 1.13. The molecule has 0 aromatic carbocycles. The monoisotopic (exact) mass is 237 g/mol. The topological polar surface area (TPSA) is 37.8 Å². The molecule has 0 bridgehead atoms. The van der Waals surface area contributed by atoms with E-state index in [-0.39, 0.29) is 4.45 Å². The minimum Gasteiger partial charge on any atom is -0.368 e. The standard InChI is InChI=1S/C9H8BrN3/c10-9(4-1-2-5-13-9)8-3-6-11-7-12-8/h1-7,13H. The van der Waals surface area contributed by atoms with Crippen LogP contribution < -0.4 is 5.32 Å². The molecule has 4 heteroatoms. The van der Waals surface area contributed by atoms with Gasteiger partial charge in [0.1, 0.15) is 6.33 Å². The van der Waals surface area contributed by atoms with Gasteiger partial charge in [-0.05, 0) is 40.3 Å². The highest BCUT2D eigenvalue weighted by Gasteiger charge is 2.26. The molecule has 2 rings (SSSR count). The molecule has 0 amide bonds. The van der Waals surface area contributed by atoms with E-state index in [0.29, 0.717) is 0 Å². The number of nitrogens with zero attached hydrogens (tertiary/aromatic N) is 2. The van der Waals surface area contributed by atoms with E-state index in [0.717, 1.165) is 5.69 Å². The largest absolute Gasteiger partial charge is 0.368 e. The van der Waals surface area contributed by atoms with Gasteiger partial charge in [-0.25, -0.2) is 9.97 Å². The second-order valence-corrected chi connectivity index (χ2v) is 3.92. The van der Waals surface area contributed by atoms with Gasteiger partial charge in [-0.1, -0.05) is 6.08 Å². The number of halogens is 1.